The Morgan fingerprint density at radius 2 is 1.81 bits per heavy atom. The summed E-state index contributed by atoms with van der Waals surface area (Å²) in [5.74, 6) is -0.597. The lowest BCUT2D eigenvalue weighted by Crippen LogP contribution is -2.41. The van der Waals surface area contributed by atoms with Gasteiger partial charge in [-0.25, -0.2) is 12.7 Å². The number of carbonyl (C=O) groups excluding carboxylic acids is 1. The number of aryl methyl sites for hydroxylation is 1. The highest BCUT2D eigenvalue weighted by Crippen LogP contribution is 2.39. The van der Waals surface area contributed by atoms with E-state index in [1.165, 1.54) is 24.1 Å². The van der Waals surface area contributed by atoms with E-state index in [0.29, 0.717) is 11.4 Å². The number of hydrogen-bond acceptors (Lipinski definition) is 6. The van der Waals surface area contributed by atoms with Gasteiger partial charge in [-0.1, -0.05) is 29.8 Å². The number of amides is 1. The number of carbonyl (C=O) groups is 1. The Labute approximate surface area is 156 Å². The predicted molar refractivity (Wildman–Crippen MR) is 97.6 cm³/mol. The second-order valence-electron chi connectivity index (χ2n) is 5.89. The molecule has 0 saturated carbocycles. The van der Waals surface area contributed by atoms with Gasteiger partial charge in [0.15, 0.2) is 5.28 Å². The lowest BCUT2D eigenvalue weighted by atomic mass is 10.2. The average molecular weight is 390 g/mol. The largest absolute Gasteiger partial charge is 0.597 e. The highest BCUT2D eigenvalue weighted by atomic mass is 32.2. The third-order valence-electron chi connectivity index (χ3n) is 4.06. The Kier molecular flexibility index (Phi) is 5.00. The van der Waals surface area contributed by atoms with E-state index in [1.54, 1.807) is 36.4 Å². The van der Waals surface area contributed by atoms with E-state index in [-0.39, 0.29) is 16.4 Å². The van der Waals surface area contributed by atoms with Crippen molar-refractivity contribution < 1.29 is 22.9 Å². The van der Waals surface area contributed by atoms with Crippen molar-refractivity contribution in [3.63, 3.8) is 0 Å². The molecule has 2 aromatic rings. The van der Waals surface area contributed by atoms with Crippen molar-refractivity contribution in [2.45, 2.75) is 11.8 Å². The molecule has 1 aliphatic heterocycles. The third-order valence-corrected chi connectivity index (χ3v) is 5.82. The summed E-state index contributed by atoms with van der Waals surface area (Å²) in [6, 6.07) is 13.1. The molecule has 0 unspecified atom stereocenters. The van der Waals surface area contributed by atoms with E-state index in [0.717, 1.165) is 9.87 Å². The highest BCUT2D eigenvalue weighted by molar-refractivity contribution is 7.92. The first-order valence-electron chi connectivity index (χ1n) is 8.02. The summed E-state index contributed by atoms with van der Waals surface area (Å²) >= 11 is 0. The van der Waals surface area contributed by atoms with Crippen LogP contribution in [0.5, 0.6) is 0 Å². The van der Waals surface area contributed by atoms with Crippen LogP contribution in [0.25, 0.3) is 0 Å². The molecule has 0 spiro atoms. The molecule has 1 amide bonds. The van der Waals surface area contributed by atoms with Gasteiger partial charge in [0.2, 0.25) is 0 Å². The highest BCUT2D eigenvalue weighted by Gasteiger charge is 2.38. The molecule has 2 aromatic carbocycles. The third kappa shape index (κ3) is 3.56. The Hall–Kier alpha value is -3.14. The Balaban J connectivity index is 1.96. The first-order valence-corrected chi connectivity index (χ1v) is 9.46. The molecule has 142 valence electrons. The molecule has 0 atom stereocenters. The minimum absolute atomic E-state index is 0.0993. The van der Waals surface area contributed by atoms with Gasteiger partial charge in [0.1, 0.15) is 13.8 Å². The summed E-state index contributed by atoms with van der Waals surface area (Å²) in [7, 11) is -2.68. The normalized spacial score (nSPS) is 14.2. The molecule has 0 aromatic heterocycles. The molecule has 9 nitrogen and oxygen atoms in total. The minimum Gasteiger partial charge on any atom is -0.597 e. The summed E-state index contributed by atoms with van der Waals surface area (Å²) in [4.78, 5) is 18.3. The van der Waals surface area contributed by atoms with Gasteiger partial charge >= 0.3 is 0 Å². The Morgan fingerprint density at radius 1 is 1.19 bits per heavy atom. The van der Waals surface area contributed by atoms with Gasteiger partial charge in [-0.05, 0) is 36.0 Å². The zero-order chi connectivity index (χ0) is 19.6. The minimum atomic E-state index is -3.87. The van der Waals surface area contributed by atoms with E-state index in [4.69, 9.17) is 0 Å². The SMILES string of the molecule is CO/N=[N+](\[O-])CC(=O)N1CN(S(=O)(=O)c2ccc(C)cc2)c2ccccc21. The Morgan fingerprint density at radius 3 is 2.44 bits per heavy atom. The van der Waals surface area contributed by atoms with Crippen molar-refractivity contribution in [2.75, 3.05) is 29.5 Å². The molecule has 0 radical (unpaired) electrons. The van der Waals surface area contributed by atoms with Crippen LogP contribution in [-0.2, 0) is 19.7 Å². The van der Waals surface area contributed by atoms with Crippen LogP contribution in [0.2, 0.25) is 0 Å². The van der Waals surface area contributed by atoms with Crippen LogP contribution < -0.4 is 9.21 Å². The lowest BCUT2D eigenvalue weighted by Gasteiger charge is -2.20. The maximum Gasteiger partial charge on any atom is 0.298 e. The number of benzene rings is 2. The first kappa shape index (κ1) is 18.6. The van der Waals surface area contributed by atoms with E-state index in [9.17, 15) is 18.4 Å². The van der Waals surface area contributed by atoms with Crippen molar-refractivity contribution in [2.24, 2.45) is 5.28 Å². The molecule has 0 aliphatic carbocycles. The number of rotatable bonds is 5. The number of nitrogens with zero attached hydrogens (tertiary/aromatic N) is 4. The number of hydroxylamine groups is 1. The van der Waals surface area contributed by atoms with Crippen LogP contribution in [-0.4, -0.2) is 39.5 Å². The van der Waals surface area contributed by atoms with Crippen molar-refractivity contribution in [1.29, 1.82) is 0 Å². The maximum atomic E-state index is 13.1. The van der Waals surface area contributed by atoms with Crippen molar-refractivity contribution in [1.82, 2.24) is 0 Å². The van der Waals surface area contributed by atoms with Gasteiger partial charge in [0.25, 0.3) is 22.5 Å². The predicted octanol–water partition coefficient (Wildman–Crippen LogP) is 2.02. The molecule has 10 heteroatoms. The molecule has 0 bridgehead atoms. The van der Waals surface area contributed by atoms with Crippen LogP contribution in [0.1, 0.15) is 5.56 Å². The molecule has 0 fully saturated rings. The van der Waals surface area contributed by atoms with Crippen molar-refractivity contribution >= 4 is 27.3 Å². The van der Waals surface area contributed by atoms with Gasteiger partial charge in [-0.15, -0.1) is 0 Å². The topological polar surface area (TPSA) is 105 Å². The van der Waals surface area contributed by atoms with E-state index < -0.39 is 22.5 Å². The summed E-state index contributed by atoms with van der Waals surface area (Å²) in [5.41, 5.74) is 1.71. The van der Waals surface area contributed by atoms with Crippen LogP contribution in [0.15, 0.2) is 58.7 Å². The molecule has 1 heterocycles. The molecular formula is C17H18N4O5S. The summed E-state index contributed by atoms with van der Waals surface area (Å²) in [6.07, 6.45) is 0. The zero-order valence-corrected chi connectivity index (χ0v) is 15.6. The van der Waals surface area contributed by atoms with E-state index >= 15 is 0 Å². The lowest BCUT2D eigenvalue weighted by molar-refractivity contribution is -0.546. The van der Waals surface area contributed by atoms with Crippen LogP contribution in [0.4, 0.5) is 11.4 Å². The smallest absolute Gasteiger partial charge is 0.298 e. The van der Waals surface area contributed by atoms with Crippen molar-refractivity contribution in [3.05, 3.63) is 59.3 Å². The Bertz CT molecular complexity index is 989. The van der Waals surface area contributed by atoms with E-state index in [1.807, 2.05) is 6.92 Å². The molecule has 0 saturated heterocycles. The van der Waals surface area contributed by atoms with Gasteiger partial charge in [0, 0.05) is 0 Å². The van der Waals surface area contributed by atoms with Crippen LogP contribution >= 0.6 is 0 Å². The second-order valence-corrected chi connectivity index (χ2v) is 7.76. The van der Waals surface area contributed by atoms with Gasteiger partial charge in [0.05, 0.1) is 16.3 Å². The van der Waals surface area contributed by atoms with Crippen LogP contribution in [0.3, 0.4) is 0 Å². The maximum absolute atomic E-state index is 13.1. The standard InChI is InChI=1S/C17H18N4O5S/c1-13-7-9-14(10-8-13)27(24,25)20-12-19(15-5-3-4-6-16(15)20)17(22)11-21(23)18-26-2/h3-10H,11-12H2,1-2H3/b21-18-. The van der Waals surface area contributed by atoms with E-state index in [2.05, 4.69) is 10.1 Å². The zero-order valence-electron chi connectivity index (χ0n) is 14.8. The number of sulfonamides is 1. The summed E-state index contributed by atoms with van der Waals surface area (Å²) in [5, 5.41) is 14.6. The molecule has 27 heavy (non-hydrogen) atoms. The first-order chi connectivity index (χ1) is 12.8. The molecule has 3 rings (SSSR count). The number of fused-ring (bicyclic) bond motifs is 1. The monoisotopic (exact) mass is 390 g/mol. The quantitative estimate of drug-likeness (QED) is 0.441. The van der Waals surface area contributed by atoms with Crippen LogP contribution in [0, 0.1) is 12.1 Å². The summed E-state index contributed by atoms with van der Waals surface area (Å²) < 4.78 is 27.3. The van der Waals surface area contributed by atoms with Gasteiger partial charge in [-0.2, -0.15) is 0 Å². The average Bonchev–Trinajstić information content (AvgIpc) is 3.03. The van der Waals surface area contributed by atoms with Gasteiger partial charge in [-0.3, -0.25) is 9.69 Å². The fourth-order valence-corrected chi connectivity index (χ4v) is 4.18. The molecule has 1 aliphatic rings. The number of para-hydroxylation sites is 2. The fraction of sp³-hybridized carbons (Fsp3) is 0.235. The van der Waals surface area contributed by atoms with Crippen molar-refractivity contribution in [3.8, 4) is 0 Å². The molecular weight excluding hydrogens is 372 g/mol. The fourth-order valence-electron chi connectivity index (χ4n) is 2.76. The molecule has 0 N–H and O–H groups in total. The number of hydrogen-bond donors (Lipinski definition) is 0. The van der Waals surface area contributed by atoms with Gasteiger partial charge < -0.3 is 10.0 Å². The summed E-state index contributed by atoms with van der Waals surface area (Å²) in [6.45, 7) is 1.04. The number of anilines is 2. The second kappa shape index (κ2) is 7.23.